The quantitative estimate of drug-likeness (QED) is 0.700. The molecule has 3 aliphatic rings. The molecule has 2 bridgehead atoms. The smallest absolute Gasteiger partial charge is 0.0706 e. The molecule has 0 aromatic rings. The van der Waals surface area contributed by atoms with Crippen molar-refractivity contribution in [3.63, 3.8) is 0 Å². The molecule has 3 fully saturated rings. The Morgan fingerprint density at radius 3 is 2.13 bits per heavy atom. The van der Waals surface area contributed by atoms with Gasteiger partial charge in [-0.1, -0.05) is 19.8 Å². The molecule has 3 saturated carbocycles. The summed E-state index contributed by atoms with van der Waals surface area (Å²) in [6.45, 7) is 2.36. The van der Waals surface area contributed by atoms with Gasteiger partial charge in [0.25, 0.3) is 0 Å². The zero-order valence-electron chi connectivity index (χ0n) is 9.91. The number of rotatable bonds is 1. The molecule has 0 amide bonds. The Bertz CT molecular complexity index is 242. The molecule has 0 saturated heterocycles. The van der Waals surface area contributed by atoms with Crippen molar-refractivity contribution in [2.75, 3.05) is 0 Å². The van der Waals surface area contributed by atoms with Crippen LogP contribution < -0.4 is 0 Å². The molecule has 0 aromatic heterocycles. The third kappa shape index (κ3) is 1.54. The minimum atomic E-state index is -0.233. The maximum absolute atomic E-state index is 10.9. The van der Waals surface area contributed by atoms with Gasteiger partial charge in [0.05, 0.1) is 5.60 Å². The lowest BCUT2D eigenvalue weighted by Crippen LogP contribution is -2.44. The van der Waals surface area contributed by atoms with Crippen LogP contribution in [0.25, 0.3) is 0 Å². The Hall–Kier alpha value is -0.0400. The maximum atomic E-state index is 10.9. The summed E-state index contributed by atoms with van der Waals surface area (Å²) in [7, 11) is 0. The van der Waals surface area contributed by atoms with Crippen molar-refractivity contribution in [2.45, 2.75) is 63.9 Å². The van der Waals surface area contributed by atoms with Crippen LogP contribution in [0.3, 0.4) is 0 Å². The van der Waals surface area contributed by atoms with E-state index in [9.17, 15) is 5.11 Å². The van der Waals surface area contributed by atoms with E-state index in [0.717, 1.165) is 18.3 Å². The largest absolute Gasteiger partial charge is 0.389 e. The summed E-state index contributed by atoms with van der Waals surface area (Å²) >= 11 is 0. The van der Waals surface area contributed by atoms with Crippen molar-refractivity contribution >= 4 is 0 Å². The SMILES string of the molecule is CC1CCC(C2(O)CC3CCC2C3)CC1. The highest BCUT2D eigenvalue weighted by Crippen LogP contribution is 2.56. The first kappa shape index (κ1) is 10.1. The second-order valence-corrected chi connectivity index (χ2v) is 6.53. The molecule has 0 spiro atoms. The van der Waals surface area contributed by atoms with Gasteiger partial charge in [0.2, 0.25) is 0 Å². The maximum Gasteiger partial charge on any atom is 0.0706 e. The first-order valence-corrected chi connectivity index (χ1v) is 6.91. The highest BCUT2D eigenvalue weighted by atomic mass is 16.3. The lowest BCUT2D eigenvalue weighted by molar-refractivity contribution is -0.0792. The van der Waals surface area contributed by atoms with Crippen molar-refractivity contribution in [2.24, 2.45) is 23.7 Å². The van der Waals surface area contributed by atoms with Crippen LogP contribution in [0.2, 0.25) is 0 Å². The van der Waals surface area contributed by atoms with E-state index < -0.39 is 0 Å². The number of aliphatic hydroxyl groups is 1. The average molecular weight is 208 g/mol. The Labute approximate surface area is 93.3 Å². The number of hydrogen-bond acceptors (Lipinski definition) is 1. The molecule has 0 aromatic carbocycles. The van der Waals surface area contributed by atoms with Gasteiger partial charge in [-0.2, -0.15) is 0 Å². The zero-order chi connectivity index (χ0) is 10.5. The van der Waals surface area contributed by atoms with Crippen LogP contribution in [-0.4, -0.2) is 10.7 Å². The molecular formula is C14H24O. The molecule has 1 N–H and O–H groups in total. The van der Waals surface area contributed by atoms with Crippen LogP contribution in [0.5, 0.6) is 0 Å². The third-order valence-corrected chi connectivity index (χ3v) is 5.59. The van der Waals surface area contributed by atoms with E-state index in [0.29, 0.717) is 11.8 Å². The fraction of sp³-hybridized carbons (Fsp3) is 1.00. The molecule has 3 unspecified atom stereocenters. The Kier molecular flexibility index (Phi) is 2.35. The summed E-state index contributed by atoms with van der Waals surface area (Å²) in [4.78, 5) is 0. The standard InChI is InChI=1S/C14H24O/c1-10-2-5-12(6-3-10)14(15)9-11-4-7-13(14)8-11/h10-13,15H,2-9H2,1H3. The van der Waals surface area contributed by atoms with Crippen LogP contribution in [0.15, 0.2) is 0 Å². The monoisotopic (exact) mass is 208 g/mol. The van der Waals surface area contributed by atoms with Crippen LogP contribution in [0.4, 0.5) is 0 Å². The molecule has 1 nitrogen and oxygen atoms in total. The highest BCUT2D eigenvalue weighted by molar-refractivity contribution is 5.04. The van der Waals surface area contributed by atoms with Crippen molar-refractivity contribution < 1.29 is 5.11 Å². The highest BCUT2D eigenvalue weighted by Gasteiger charge is 2.53. The van der Waals surface area contributed by atoms with Gasteiger partial charge in [-0.25, -0.2) is 0 Å². The topological polar surface area (TPSA) is 20.2 Å². The number of fused-ring (bicyclic) bond motifs is 2. The molecule has 1 heteroatoms. The molecule has 3 aliphatic carbocycles. The molecular weight excluding hydrogens is 184 g/mol. The molecule has 0 aliphatic heterocycles. The fourth-order valence-corrected chi connectivity index (χ4v) is 4.60. The summed E-state index contributed by atoms with van der Waals surface area (Å²) < 4.78 is 0. The van der Waals surface area contributed by atoms with Crippen LogP contribution >= 0.6 is 0 Å². The second kappa shape index (κ2) is 3.48. The first-order chi connectivity index (χ1) is 7.18. The summed E-state index contributed by atoms with van der Waals surface area (Å²) in [5.41, 5.74) is -0.233. The van der Waals surface area contributed by atoms with E-state index in [4.69, 9.17) is 0 Å². The van der Waals surface area contributed by atoms with Crippen LogP contribution in [0.1, 0.15) is 58.3 Å². The lowest BCUT2D eigenvalue weighted by atomic mass is 9.67. The van der Waals surface area contributed by atoms with Gasteiger partial charge < -0.3 is 5.11 Å². The zero-order valence-corrected chi connectivity index (χ0v) is 9.91. The van der Waals surface area contributed by atoms with Gasteiger partial charge in [-0.3, -0.25) is 0 Å². The minimum Gasteiger partial charge on any atom is -0.389 e. The second-order valence-electron chi connectivity index (χ2n) is 6.53. The van der Waals surface area contributed by atoms with Crippen molar-refractivity contribution in [1.82, 2.24) is 0 Å². The Balaban J connectivity index is 1.71. The Morgan fingerprint density at radius 1 is 0.933 bits per heavy atom. The van der Waals surface area contributed by atoms with Gasteiger partial charge in [0, 0.05) is 0 Å². The van der Waals surface area contributed by atoms with Gasteiger partial charge in [-0.05, 0) is 62.2 Å². The van der Waals surface area contributed by atoms with E-state index in [-0.39, 0.29) is 5.60 Å². The molecule has 0 radical (unpaired) electrons. The van der Waals surface area contributed by atoms with Gasteiger partial charge in [0.15, 0.2) is 0 Å². The summed E-state index contributed by atoms with van der Waals surface area (Å²) in [6, 6.07) is 0. The molecule has 3 rings (SSSR count). The van der Waals surface area contributed by atoms with E-state index in [1.54, 1.807) is 0 Å². The van der Waals surface area contributed by atoms with Crippen LogP contribution in [0, 0.1) is 23.7 Å². The average Bonchev–Trinajstić information content (AvgIpc) is 2.78. The van der Waals surface area contributed by atoms with Crippen molar-refractivity contribution in [3.05, 3.63) is 0 Å². The minimum absolute atomic E-state index is 0.233. The first-order valence-electron chi connectivity index (χ1n) is 6.91. The normalized spacial score (nSPS) is 54.8. The molecule has 0 heterocycles. The predicted octanol–water partition coefficient (Wildman–Crippen LogP) is 3.36. The van der Waals surface area contributed by atoms with E-state index in [1.807, 2.05) is 0 Å². The van der Waals surface area contributed by atoms with Crippen LogP contribution in [-0.2, 0) is 0 Å². The van der Waals surface area contributed by atoms with E-state index >= 15 is 0 Å². The van der Waals surface area contributed by atoms with Gasteiger partial charge in [0.1, 0.15) is 0 Å². The predicted molar refractivity (Wildman–Crippen MR) is 61.5 cm³/mol. The third-order valence-electron chi connectivity index (χ3n) is 5.59. The van der Waals surface area contributed by atoms with E-state index in [1.165, 1.54) is 44.9 Å². The number of hydrogen-bond donors (Lipinski definition) is 1. The summed E-state index contributed by atoms with van der Waals surface area (Å²) in [6.07, 6.45) is 10.5. The lowest BCUT2D eigenvalue weighted by Gasteiger charge is -2.42. The Morgan fingerprint density at radius 2 is 1.60 bits per heavy atom. The summed E-state index contributed by atoms with van der Waals surface area (Å²) in [5, 5.41) is 10.9. The van der Waals surface area contributed by atoms with Crippen molar-refractivity contribution in [1.29, 1.82) is 0 Å². The molecule has 15 heavy (non-hydrogen) atoms. The van der Waals surface area contributed by atoms with E-state index in [2.05, 4.69) is 6.92 Å². The van der Waals surface area contributed by atoms with Gasteiger partial charge >= 0.3 is 0 Å². The molecule has 3 atom stereocenters. The summed E-state index contributed by atoms with van der Waals surface area (Å²) in [5.74, 6) is 3.09. The molecule has 86 valence electrons. The fourth-order valence-electron chi connectivity index (χ4n) is 4.60. The van der Waals surface area contributed by atoms with Crippen molar-refractivity contribution in [3.8, 4) is 0 Å². The van der Waals surface area contributed by atoms with Gasteiger partial charge in [-0.15, -0.1) is 0 Å².